The molecule has 0 radical (unpaired) electrons. The van der Waals surface area contributed by atoms with Gasteiger partial charge in [-0.15, -0.1) is 0 Å². The van der Waals surface area contributed by atoms with Gasteiger partial charge in [0.25, 0.3) is 0 Å². The van der Waals surface area contributed by atoms with E-state index in [0.29, 0.717) is 6.42 Å². The van der Waals surface area contributed by atoms with Crippen LogP contribution in [-0.4, -0.2) is 4.57 Å². The Morgan fingerprint density at radius 2 is 2.18 bits per heavy atom. The molecule has 1 aliphatic rings. The van der Waals surface area contributed by atoms with Crippen LogP contribution in [0.4, 0.5) is 0 Å². The summed E-state index contributed by atoms with van der Waals surface area (Å²) in [4.78, 5) is 0. The fourth-order valence-corrected chi connectivity index (χ4v) is 2.91. The number of hydrogen-bond donors (Lipinski definition) is 0. The van der Waals surface area contributed by atoms with E-state index in [2.05, 4.69) is 57.0 Å². The van der Waals surface area contributed by atoms with Crippen LogP contribution in [0.15, 0.2) is 34.9 Å². The van der Waals surface area contributed by atoms with Gasteiger partial charge in [0.1, 0.15) is 0 Å². The molecule has 17 heavy (non-hydrogen) atoms. The first kappa shape index (κ1) is 10.9. The van der Waals surface area contributed by atoms with Gasteiger partial charge in [-0.1, -0.05) is 22.0 Å². The second kappa shape index (κ2) is 3.89. The van der Waals surface area contributed by atoms with Crippen LogP contribution in [0.2, 0.25) is 0 Å². The van der Waals surface area contributed by atoms with Gasteiger partial charge in [-0.25, -0.2) is 0 Å². The molecule has 0 bridgehead atoms. The van der Waals surface area contributed by atoms with Crippen LogP contribution < -0.4 is 0 Å². The van der Waals surface area contributed by atoms with Crippen molar-refractivity contribution < 1.29 is 0 Å². The highest BCUT2D eigenvalue weighted by Gasteiger charge is 2.42. The topological polar surface area (TPSA) is 28.7 Å². The van der Waals surface area contributed by atoms with Gasteiger partial charge in [0.2, 0.25) is 0 Å². The van der Waals surface area contributed by atoms with Crippen molar-refractivity contribution in [3.63, 3.8) is 0 Å². The molecule has 3 rings (SSSR count). The average molecular weight is 289 g/mol. The van der Waals surface area contributed by atoms with E-state index in [-0.39, 0.29) is 5.41 Å². The van der Waals surface area contributed by atoms with Gasteiger partial charge in [0, 0.05) is 40.0 Å². The third-order valence-corrected chi connectivity index (χ3v) is 4.37. The SMILES string of the molecule is N#CCC1(Cn2ccc3c(Br)cccc32)CC1. The number of halogens is 1. The molecule has 0 aliphatic heterocycles. The number of fused-ring (bicyclic) bond motifs is 1. The van der Waals surface area contributed by atoms with Crippen molar-refractivity contribution >= 4 is 26.8 Å². The van der Waals surface area contributed by atoms with E-state index in [4.69, 9.17) is 5.26 Å². The third kappa shape index (κ3) is 1.87. The lowest BCUT2D eigenvalue weighted by Crippen LogP contribution is -2.10. The molecule has 86 valence electrons. The standard InChI is InChI=1S/C14H13BrN2/c15-12-2-1-3-13-11(12)4-9-17(13)10-14(5-6-14)7-8-16/h1-4,9H,5-7,10H2. The first-order chi connectivity index (χ1) is 8.24. The second-order valence-electron chi connectivity index (χ2n) is 4.95. The van der Waals surface area contributed by atoms with Crippen molar-refractivity contribution in [3.8, 4) is 6.07 Å². The zero-order valence-corrected chi connectivity index (χ0v) is 11.1. The van der Waals surface area contributed by atoms with Crippen LogP contribution >= 0.6 is 15.9 Å². The molecule has 0 spiro atoms. The first-order valence-electron chi connectivity index (χ1n) is 5.84. The Morgan fingerprint density at radius 3 is 2.88 bits per heavy atom. The quantitative estimate of drug-likeness (QED) is 0.836. The molecular weight excluding hydrogens is 276 g/mol. The molecular formula is C14H13BrN2. The van der Waals surface area contributed by atoms with E-state index in [1.165, 1.54) is 23.7 Å². The summed E-state index contributed by atoms with van der Waals surface area (Å²) in [6.45, 7) is 0.973. The normalized spacial score (nSPS) is 16.9. The summed E-state index contributed by atoms with van der Waals surface area (Å²) >= 11 is 3.57. The molecule has 1 aromatic carbocycles. The number of hydrogen-bond acceptors (Lipinski definition) is 1. The largest absolute Gasteiger partial charge is 0.347 e. The zero-order valence-electron chi connectivity index (χ0n) is 9.49. The van der Waals surface area contributed by atoms with Gasteiger partial charge in [-0.3, -0.25) is 0 Å². The van der Waals surface area contributed by atoms with E-state index in [9.17, 15) is 0 Å². The maximum atomic E-state index is 8.86. The first-order valence-corrected chi connectivity index (χ1v) is 6.64. The number of benzene rings is 1. The molecule has 0 saturated heterocycles. The smallest absolute Gasteiger partial charge is 0.0628 e. The Hall–Kier alpha value is -1.27. The maximum Gasteiger partial charge on any atom is 0.0628 e. The molecule has 0 amide bonds. The molecule has 0 unspecified atom stereocenters. The predicted octanol–water partition coefficient (Wildman–Crippen LogP) is 4.10. The van der Waals surface area contributed by atoms with E-state index in [0.717, 1.165) is 11.0 Å². The van der Waals surface area contributed by atoms with Crippen molar-refractivity contribution in [1.82, 2.24) is 4.57 Å². The van der Waals surface area contributed by atoms with Crippen LogP contribution in [0.5, 0.6) is 0 Å². The monoisotopic (exact) mass is 288 g/mol. The van der Waals surface area contributed by atoms with Gasteiger partial charge < -0.3 is 4.57 Å². The van der Waals surface area contributed by atoms with Crippen LogP contribution in [0, 0.1) is 16.7 Å². The summed E-state index contributed by atoms with van der Waals surface area (Å²) in [5.41, 5.74) is 1.51. The Kier molecular flexibility index (Phi) is 2.48. The molecule has 3 heteroatoms. The lowest BCUT2D eigenvalue weighted by atomic mass is 10.0. The Balaban J connectivity index is 1.97. The maximum absolute atomic E-state index is 8.86. The van der Waals surface area contributed by atoms with Gasteiger partial charge in [-0.05, 0) is 31.0 Å². The van der Waals surface area contributed by atoms with Crippen molar-refractivity contribution in [3.05, 3.63) is 34.9 Å². The Bertz CT molecular complexity index is 602. The minimum absolute atomic E-state index is 0.253. The third-order valence-electron chi connectivity index (χ3n) is 3.68. The molecule has 2 aromatic rings. The highest BCUT2D eigenvalue weighted by atomic mass is 79.9. The summed E-state index contributed by atoms with van der Waals surface area (Å²) in [6, 6.07) is 10.7. The highest BCUT2D eigenvalue weighted by molar-refractivity contribution is 9.10. The molecule has 2 nitrogen and oxygen atoms in total. The average Bonchev–Trinajstić information content (AvgIpc) is 2.93. The lowest BCUT2D eigenvalue weighted by Gasteiger charge is -2.13. The summed E-state index contributed by atoms with van der Waals surface area (Å²) in [6.07, 6.45) is 5.19. The molecule has 1 aliphatic carbocycles. The van der Waals surface area contributed by atoms with Crippen molar-refractivity contribution in [2.45, 2.75) is 25.8 Å². The fourth-order valence-electron chi connectivity index (χ4n) is 2.42. The number of aromatic nitrogens is 1. The number of nitriles is 1. The number of rotatable bonds is 3. The summed E-state index contributed by atoms with van der Waals surface area (Å²) in [5, 5.41) is 10.1. The zero-order chi connectivity index (χ0) is 11.9. The van der Waals surface area contributed by atoms with Crippen LogP contribution in [0.3, 0.4) is 0 Å². The molecule has 1 saturated carbocycles. The van der Waals surface area contributed by atoms with Gasteiger partial charge in [0.15, 0.2) is 0 Å². The Labute approximate surface area is 109 Å². The summed E-state index contributed by atoms with van der Waals surface area (Å²) < 4.78 is 3.42. The molecule has 0 N–H and O–H groups in total. The number of nitrogens with zero attached hydrogens (tertiary/aromatic N) is 2. The fraction of sp³-hybridized carbons (Fsp3) is 0.357. The minimum atomic E-state index is 0.253. The van der Waals surface area contributed by atoms with Crippen LogP contribution in [0.25, 0.3) is 10.9 Å². The van der Waals surface area contributed by atoms with Crippen molar-refractivity contribution in [2.24, 2.45) is 5.41 Å². The van der Waals surface area contributed by atoms with Crippen molar-refractivity contribution in [2.75, 3.05) is 0 Å². The van der Waals surface area contributed by atoms with E-state index in [1.807, 2.05) is 0 Å². The van der Waals surface area contributed by atoms with Crippen LogP contribution in [-0.2, 0) is 6.54 Å². The van der Waals surface area contributed by atoms with Gasteiger partial charge in [0.05, 0.1) is 6.07 Å². The van der Waals surface area contributed by atoms with E-state index >= 15 is 0 Å². The van der Waals surface area contributed by atoms with Crippen molar-refractivity contribution in [1.29, 1.82) is 5.26 Å². The second-order valence-corrected chi connectivity index (χ2v) is 5.81. The predicted molar refractivity (Wildman–Crippen MR) is 71.5 cm³/mol. The molecule has 0 atom stereocenters. The van der Waals surface area contributed by atoms with Crippen LogP contribution in [0.1, 0.15) is 19.3 Å². The summed E-state index contributed by atoms with van der Waals surface area (Å²) in [5.74, 6) is 0. The van der Waals surface area contributed by atoms with Gasteiger partial charge >= 0.3 is 0 Å². The van der Waals surface area contributed by atoms with E-state index < -0.39 is 0 Å². The lowest BCUT2D eigenvalue weighted by molar-refractivity contribution is 0.440. The Morgan fingerprint density at radius 1 is 1.35 bits per heavy atom. The highest BCUT2D eigenvalue weighted by Crippen LogP contribution is 2.50. The summed E-state index contributed by atoms with van der Waals surface area (Å²) in [7, 11) is 0. The molecule has 1 fully saturated rings. The van der Waals surface area contributed by atoms with E-state index in [1.54, 1.807) is 0 Å². The molecule has 1 heterocycles. The van der Waals surface area contributed by atoms with Gasteiger partial charge in [-0.2, -0.15) is 5.26 Å². The molecule has 1 aromatic heterocycles. The minimum Gasteiger partial charge on any atom is -0.347 e.